The molecule has 0 radical (unpaired) electrons. The zero-order chi connectivity index (χ0) is 11.7. The fraction of sp³-hybridized carbons (Fsp3) is 0.455. The predicted octanol–water partition coefficient (Wildman–Crippen LogP) is 3.10. The van der Waals surface area contributed by atoms with Crippen LogP contribution < -0.4 is 0 Å². The van der Waals surface area contributed by atoms with Crippen molar-refractivity contribution in [3.63, 3.8) is 0 Å². The van der Waals surface area contributed by atoms with Gasteiger partial charge in [0.05, 0.1) is 5.56 Å². The molecule has 1 heterocycles. The van der Waals surface area contributed by atoms with Crippen molar-refractivity contribution in [3.05, 3.63) is 22.4 Å². The van der Waals surface area contributed by atoms with Crippen molar-refractivity contribution in [1.82, 2.24) is 4.98 Å². The van der Waals surface area contributed by atoms with Crippen LogP contribution in [0.1, 0.15) is 35.2 Å². The number of rotatable bonds is 2. The molecule has 2 nitrogen and oxygen atoms in total. The summed E-state index contributed by atoms with van der Waals surface area (Å²) in [5.41, 5.74) is 1.32. The third-order valence-electron chi connectivity index (χ3n) is 2.76. The number of nitrogens with zero attached hydrogens (tertiary/aromatic N) is 2. The summed E-state index contributed by atoms with van der Waals surface area (Å²) in [4.78, 5) is 4.29. The van der Waals surface area contributed by atoms with Crippen molar-refractivity contribution in [2.24, 2.45) is 0 Å². The molecule has 0 atom stereocenters. The fourth-order valence-corrected chi connectivity index (χ4v) is 2.64. The Balaban J connectivity index is 2.72. The Morgan fingerprint density at radius 3 is 2.75 bits per heavy atom. The first kappa shape index (κ1) is 11.3. The number of aromatic nitrogens is 1. The summed E-state index contributed by atoms with van der Waals surface area (Å²) < 4.78 is 26.0. The van der Waals surface area contributed by atoms with Crippen LogP contribution in [0.5, 0.6) is 0 Å². The first-order valence-corrected chi connectivity index (χ1v) is 6.19. The van der Waals surface area contributed by atoms with Gasteiger partial charge in [0, 0.05) is 11.3 Å². The number of nitriles is 1. The van der Waals surface area contributed by atoms with Gasteiger partial charge in [-0.1, -0.05) is 0 Å². The van der Waals surface area contributed by atoms with Crippen LogP contribution in [0, 0.1) is 11.3 Å². The molecule has 0 bridgehead atoms. The van der Waals surface area contributed by atoms with Crippen LogP contribution in [0.2, 0.25) is 0 Å². The van der Waals surface area contributed by atoms with Crippen LogP contribution in [0.3, 0.4) is 0 Å². The molecule has 0 aromatic carbocycles. The molecule has 1 aromatic heterocycles. The van der Waals surface area contributed by atoms with Gasteiger partial charge in [-0.05, 0) is 31.1 Å². The second-order valence-electron chi connectivity index (χ2n) is 3.60. The van der Waals surface area contributed by atoms with Crippen molar-refractivity contribution in [2.45, 2.75) is 30.7 Å². The van der Waals surface area contributed by atoms with E-state index < -0.39 is 6.43 Å². The maximum atomic E-state index is 13.0. The van der Waals surface area contributed by atoms with Gasteiger partial charge in [0.2, 0.25) is 0 Å². The van der Waals surface area contributed by atoms with E-state index in [-0.39, 0.29) is 11.1 Å². The van der Waals surface area contributed by atoms with Crippen molar-refractivity contribution in [2.75, 3.05) is 6.26 Å². The molecule has 0 aliphatic heterocycles. The standard InChI is InChI=1S/C11H10F2N2S/c1-16-11-7(5-14)9(10(12)13)6-3-2-4-8(6)15-11/h10H,2-4H2,1H3. The highest BCUT2D eigenvalue weighted by molar-refractivity contribution is 7.98. The quantitative estimate of drug-likeness (QED) is 0.745. The van der Waals surface area contributed by atoms with Crippen molar-refractivity contribution >= 4 is 11.8 Å². The molecule has 16 heavy (non-hydrogen) atoms. The van der Waals surface area contributed by atoms with Crippen LogP contribution in [0.4, 0.5) is 8.78 Å². The predicted molar refractivity (Wildman–Crippen MR) is 57.7 cm³/mol. The van der Waals surface area contributed by atoms with Crippen molar-refractivity contribution in [1.29, 1.82) is 5.26 Å². The minimum Gasteiger partial charge on any atom is -0.245 e. The van der Waals surface area contributed by atoms with Gasteiger partial charge in [0.25, 0.3) is 6.43 Å². The Morgan fingerprint density at radius 1 is 1.44 bits per heavy atom. The maximum absolute atomic E-state index is 13.0. The van der Waals surface area contributed by atoms with Gasteiger partial charge in [-0.25, -0.2) is 13.8 Å². The molecular formula is C11H10F2N2S. The lowest BCUT2D eigenvalue weighted by atomic mass is 10.0. The average Bonchev–Trinajstić information content (AvgIpc) is 2.73. The Bertz CT molecular complexity index is 466. The number of alkyl halides is 2. The molecule has 0 saturated carbocycles. The highest BCUT2D eigenvalue weighted by atomic mass is 32.2. The van der Waals surface area contributed by atoms with E-state index in [1.807, 2.05) is 6.07 Å². The summed E-state index contributed by atoms with van der Waals surface area (Å²) in [6.07, 6.45) is 1.37. The molecule has 1 aromatic rings. The second-order valence-corrected chi connectivity index (χ2v) is 4.40. The zero-order valence-electron chi connectivity index (χ0n) is 8.76. The molecular weight excluding hydrogens is 230 g/mol. The molecule has 0 amide bonds. The lowest BCUT2D eigenvalue weighted by Crippen LogP contribution is -2.03. The van der Waals surface area contributed by atoms with Gasteiger partial charge in [0.1, 0.15) is 11.1 Å². The average molecular weight is 240 g/mol. The number of fused-ring (bicyclic) bond motifs is 1. The Morgan fingerprint density at radius 2 is 2.19 bits per heavy atom. The van der Waals surface area contributed by atoms with Gasteiger partial charge >= 0.3 is 0 Å². The summed E-state index contributed by atoms with van der Waals surface area (Å²) in [5.74, 6) is 0. The van der Waals surface area contributed by atoms with Crippen LogP contribution >= 0.6 is 11.8 Å². The van der Waals surface area contributed by atoms with E-state index in [0.29, 0.717) is 17.0 Å². The largest absolute Gasteiger partial charge is 0.265 e. The monoisotopic (exact) mass is 240 g/mol. The van der Waals surface area contributed by atoms with E-state index in [0.717, 1.165) is 18.5 Å². The number of pyridine rings is 1. The van der Waals surface area contributed by atoms with Gasteiger partial charge in [0.15, 0.2) is 0 Å². The molecule has 0 unspecified atom stereocenters. The summed E-state index contributed by atoms with van der Waals surface area (Å²) in [6.45, 7) is 0. The topological polar surface area (TPSA) is 36.7 Å². The number of halogens is 2. The lowest BCUT2D eigenvalue weighted by Gasteiger charge is -2.12. The van der Waals surface area contributed by atoms with E-state index in [2.05, 4.69) is 4.98 Å². The van der Waals surface area contributed by atoms with Crippen molar-refractivity contribution in [3.8, 4) is 6.07 Å². The summed E-state index contributed by atoms with van der Waals surface area (Å²) in [6, 6.07) is 1.86. The van der Waals surface area contributed by atoms with Gasteiger partial charge < -0.3 is 0 Å². The molecule has 1 aliphatic carbocycles. The minimum absolute atomic E-state index is 0.0585. The Labute approximate surface area is 96.7 Å². The van der Waals surface area contributed by atoms with Crippen LogP contribution in [-0.4, -0.2) is 11.2 Å². The Hall–Kier alpha value is -1.15. The molecule has 0 fully saturated rings. The molecule has 2 rings (SSSR count). The van der Waals surface area contributed by atoms with Crippen molar-refractivity contribution < 1.29 is 8.78 Å². The van der Waals surface area contributed by atoms with Crippen LogP contribution in [0.25, 0.3) is 0 Å². The Kier molecular flexibility index (Phi) is 3.10. The number of aryl methyl sites for hydroxylation is 1. The zero-order valence-corrected chi connectivity index (χ0v) is 9.57. The highest BCUT2D eigenvalue weighted by Gasteiger charge is 2.27. The van der Waals surface area contributed by atoms with E-state index >= 15 is 0 Å². The molecule has 5 heteroatoms. The van der Waals surface area contributed by atoms with E-state index in [9.17, 15) is 8.78 Å². The third-order valence-corrected chi connectivity index (χ3v) is 3.44. The normalized spacial score (nSPS) is 13.9. The summed E-state index contributed by atoms with van der Waals surface area (Å²) >= 11 is 1.25. The second kappa shape index (κ2) is 4.38. The first-order chi connectivity index (χ1) is 7.69. The van der Waals surface area contributed by atoms with Gasteiger partial charge in [-0.2, -0.15) is 5.26 Å². The van der Waals surface area contributed by atoms with E-state index in [1.54, 1.807) is 6.26 Å². The molecule has 0 N–H and O–H groups in total. The number of hydrogen-bond acceptors (Lipinski definition) is 3. The lowest BCUT2D eigenvalue weighted by molar-refractivity contribution is 0.149. The first-order valence-electron chi connectivity index (χ1n) is 4.97. The summed E-state index contributed by atoms with van der Waals surface area (Å²) in [7, 11) is 0. The molecule has 1 aliphatic rings. The summed E-state index contributed by atoms with van der Waals surface area (Å²) in [5, 5.41) is 9.40. The molecule has 0 saturated heterocycles. The molecule has 0 spiro atoms. The highest BCUT2D eigenvalue weighted by Crippen LogP contribution is 2.36. The van der Waals surface area contributed by atoms with Crippen LogP contribution in [0.15, 0.2) is 5.03 Å². The van der Waals surface area contributed by atoms with E-state index in [1.165, 1.54) is 11.8 Å². The van der Waals surface area contributed by atoms with Gasteiger partial charge in [-0.15, -0.1) is 11.8 Å². The van der Waals surface area contributed by atoms with Crippen LogP contribution in [-0.2, 0) is 12.8 Å². The maximum Gasteiger partial charge on any atom is 0.265 e. The fourth-order valence-electron chi connectivity index (χ4n) is 2.08. The molecule has 84 valence electrons. The SMILES string of the molecule is CSc1nc2c(c(C(F)F)c1C#N)CCC2. The number of hydrogen-bond donors (Lipinski definition) is 0. The third kappa shape index (κ3) is 1.67. The van der Waals surface area contributed by atoms with E-state index in [4.69, 9.17) is 5.26 Å². The minimum atomic E-state index is -2.59. The van der Waals surface area contributed by atoms with Gasteiger partial charge in [-0.3, -0.25) is 0 Å². The number of thioether (sulfide) groups is 1. The smallest absolute Gasteiger partial charge is 0.245 e.